The molecule has 1 unspecified atom stereocenters. The third-order valence-electron chi connectivity index (χ3n) is 3.69. The number of benzene rings is 1. The minimum absolute atomic E-state index is 0.138. The molecular formula is C15H21ClO. The summed E-state index contributed by atoms with van der Waals surface area (Å²) in [4.78, 5) is 0. The van der Waals surface area contributed by atoms with Crippen LogP contribution in [0.2, 0.25) is 0 Å². The molecule has 0 spiro atoms. The fourth-order valence-electron chi connectivity index (χ4n) is 2.87. The SMILES string of the molecule is Cc1cc(C)c(C(Cl)C2CCOCC2)c(C)c1. The molecule has 0 N–H and O–H groups in total. The maximum Gasteiger partial charge on any atom is 0.0620 e. The van der Waals surface area contributed by atoms with E-state index >= 15 is 0 Å². The van der Waals surface area contributed by atoms with Gasteiger partial charge in [0.1, 0.15) is 0 Å². The van der Waals surface area contributed by atoms with Gasteiger partial charge >= 0.3 is 0 Å². The maximum absolute atomic E-state index is 6.69. The van der Waals surface area contributed by atoms with Gasteiger partial charge in [-0.25, -0.2) is 0 Å². The highest BCUT2D eigenvalue weighted by Gasteiger charge is 2.25. The number of alkyl halides is 1. The van der Waals surface area contributed by atoms with Crippen molar-refractivity contribution in [2.24, 2.45) is 5.92 Å². The number of halogens is 1. The Morgan fingerprint density at radius 1 is 1.12 bits per heavy atom. The first-order valence-electron chi connectivity index (χ1n) is 6.39. The highest BCUT2D eigenvalue weighted by atomic mass is 35.5. The summed E-state index contributed by atoms with van der Waals surface area (Å²) in [7, 11) is 0. The second-order valence-electron chi connectivity index (χ2n) is 5.16. The van der Waals surface area contributed by atoms with Gasteiger partial charge in [-0.15, -0.1) is 11.6 Å². The Hall–Kier alpha value is -0.530. The molecule has 0 saturated carbocycles. The van der Waals surface area contributed by atoms with Gasteiger partial charge in [-0.1, -0.05) is 17.7 Å². The summed E-state index contributed by atoms with van der Waals surface area (Å²) in [5.74, 6) is 0.561. The summed E-state index contributed by atoms with van der Waals surface area (Å²) in [6.07, 6.45) is 2.17. The fraction of sp³-hybridized carbons (Fsp3) is 0.600. The van der Waals surface area contributed by atoms with Crippen molar-refractivity contribution in [2.75, 3.05) is 13.2 Å². The molecule has 1 aliphatic rings. The van der Waals surface area contributed by atoms with Crippen molar-refractivity contribution >= 4 is 11.6 Å². The Balaban J connectivity index is 2.26. The van der Waals surface area contributed by atoms with Crippen LogP contribution >= 0.6 is 11.6 Å². The molecule has 1 aromatic carbocycles. The second-order valence-corrected chi connectivity index (χ2v) is 5.63. The Morgan fingerprint density at radius 2 is 1.65 bits per heavy atom. The molecule has 2 heteroatoms. The number of hydrogen-bond acceptors (Lipinski definition) is 1. The molecular weight excluding hydrogens is 232 g/mol. The number of hydrogen-bond donors (Lipinski definition) is 0. The summed E-state index contributed by atoms with van der Waals surface area (Å²) in [5.41, 5.74) is 5.31. The van der Waals surface area contributed by atoms with Crippen LogP contribution in [0.15, 0.2) is 12.1 Å². The van der Waals surface area contributed by atoms with Gasteiger partial charge in [0.05, 0.1) is 5.38 Å². The van der Waals surface area contributed by atoms with Gasteiger partial charge < -0.3 is 4.74 Å². The molecule has 1 atom stereocenters. The fourth-order valence-corrected chi connectivity index (χ4v) is 3.47. The standard InChI is InChI=1S/C15H21ClO/c1-10-8-11(2)14(12(3)9-10)15(16)13-4-6-17-7-5-13/h8-9,13,15H,4-7H2,1-3H3. The van der Waals surface area contributed by atoms with E-state index in [2.05, 4.69) is 32.9 Å². The Morgan fingerprint density at radius 3 is 2.18 bits per heavy atom. The van der Waals surface area contributed by atoms with Gasteiger partial charge in [-0.05, 0) is 56.2 Å². The zero-order valence-corrected chi connectivity index (χ0v) is 11.7. The van der Waals surface area contributed by atoms with Crippen molar-refractivity contribution in [3.05, 3.63) is 34.4 Å². The third kappa shape index (κ3) is 2.83. The maximum atomic E-state index is 6.69. The molecule has 1 aliphatic heterocycles. The first-order valence-corrected chi connectivity index (χ1v) is 6.83. The van der Waals surface area contributed by atoms with Crippen molar-refractivity contribution in [1.29, 1.82) is 0 Å². The van der Waals surface area contributed by atoms with E-state index in [1.54, 1.807) is 0 Å². The molecule has 1 heterocycles. The lowest BCUT2D eigenvalue weighted by atomic mass is 9.87. The van der Waals surface area contributed by atoms with Crippen LogP contribution in [0.25, 0.3) is 0 Å². The predicted molar refractivity (Wildman–Crippen MR) is 72.8 cm³/mol. The number of ether oxygens (including phenoxy) is 1. The topological polar surface area (TPSA) is 9.23 Å². The zero-order chi connectivity index (χ0) is 12.4. The van der Waals surface area contributed by atoms with Crippen LogP contribution < -0.4 is 0 Å². The molecule has 94 valence electrons. The first kappa shape index (κ1) is 12.9. The lowest BCUT2D eigenvalue weighted by Crippen LogP contribution is -2.20. The first-order chi connectivity index (χ1) is 8.09. The number of aryl methyl sites for hydroxylation is 3. The largest absolute Gasteiger partial charge is 0.381 e. The van der Waals surface area contributed by atoms with Crippen molar-refractivity contribution in [3.63, 3.8) is 0 Å². The summed E-state index contributed by atoms with van der Waals surface area (Å²) >= 11 is 6.69. The van der Waals surface area contributed by atoms with Crippen molar-refractivity contribution in [2.45, 2.75) is 39.0 Å². The van der Waals surface area contributed by atoms with E-state index in [9.17, 15) is 0 Å². The molecule has 1 fully saturated rings. The smallest absolute Gasteiger partial charge is 0.0620 e. The molecule has 17 heavy (non-hydrogen) atoms. The molecule has 0 bridgehead atoms. The van der Waals surface area contributed by atoms with Crippen molar-refractivity contribution in [3.8, 4) is 0 Å². The molecule has 0 amide bonds. The van der Waals surface area contributed by atoms with Crippen LogP contribution in [-0.2, 0) is 4.74 Å². The van der Waals surface area contributed by atoms with E-state index in [0.29, 0.717) is 5.92 Å². The van der Waals surface area contributed by atoms with Crippen LogP contribution in [0, 0.1) is 26.7 Å². The summed E-state index contributed by atoms with van der Waals surface area (Å²) in [6.45, 7) is 8.20. The van der Waals surface area contributed by atoms with E-state index in [0.717, 1.165) is 26.1 Å². The van der Waals surface area contributed by atoms with E-state index in [-0.39, 0.29) is 5.38 Å². The molecule has 2 rings (SSSR count). The van der Waals surface area contributed by atoms with Crippen molar-refractivity contribution < 1.29 is 4.74 Å². The highest BCUT2D eigenvalue weighted by Crippen LogP contribution is 2.38. The summed E-state index contributed by atoms with van der Waals surface area (Å²) in [5, 5.41) is 0.138. The van der Waals surface area contributed by atoms with E-state index in [1.807, 2.05) is 0 Å². The van der Waals surface area contributed by atoms with E-state index in [1.165, 1.54) is 22.3 Å². The zero-order valence-electron chi connectivity index (χ0n) is 10.9. The molecule has 0 aliphatic carbocycles. The predicted octanol–water partition coefficient (Wildman–Crippen LogP) is 4.32. The normalized spacial score (nSPS) is 19.3. The van der Waals surface area contributed by atoms with Gasteiger partial charge in [0.2, 0.25) is 0 Å². The number of rotatable bonds is 2. The average Bonchev–Trinajstić information content (AvgIpc) is 2.28. The Kier molecular flexibility index (Phi) is 4.11. The Bertz CT molecular complexity index is 371. The quantitative estimate of drug-likeness (QED) is 0.713. The van der Waals surface area contributed by atoms with Crippen LogP contribution in [0.1, 0.15) is 40.5 Å². The van der Waals surface area contributed by atoms with Crippen LogP contribution in [0.3, 0.4) is 0 Å². The van der Waals surface area contributed by atoms with Crippen LogP contribution in [0.5, 0.6) is 0 Å². The van der Waals surface area contributed by atoms with E-state index < -0.39 is 0 Å². The Labute approximate surface area is 109 Å². The van der Waals surface area contributed by atoms with Gasteiger partial charge in [0.25, 0.3) is 0 Å². The highest BCUT2D eigenvalue weighted by molar-refractivity contribution is 6.21. The van der Waals surface area contributed by atoms with Gasteiger partial charge in [-0.2, -0.15) is 0 Å². The molecule has 0 aromatic heterocycles. The monoisotopic (exact) mass is 252 g/mol. The summed E-state index contributed by atoms with van der Waals surface area (Å²) in [6, 6.07) is 4.47. The summed E-state index contributed by atoms with van der Waals surface area (Å²) < 4.78 is 5.41. The lowest BCUT2D eigenvalue weighted by Gasteiger charge is -2.28. The molecule has 1 aromatic rings. The minimum Gasteiger partial charge on any atom is -0.381 e. The van der Waals surface area contributed by atoms with Gasteiger partial charge in [-0.3, -0.25) is 0 Å². The molecule has 1 saturated heterocycles. The van der Waals surface area contributed by atoms with E-state index in [4.69, 9.17) is 16.3 Å². The lowest BCUT2D eigenvalue weighted by molar-refractivity contribution is 0.0650. The van der Waals surface area contributed by atoms with Crippen LogP contribution in [0.4, 0.5) is 0 Å². The van der Waals surface area contributed by atoms with Crippen molar-refractivity contribution in [1.82, 2.24) is 0 Å². The average molecular weight is 253 g/mol. The second kappa shape index (κ2) is 5.41. The van der Waals surface area contributed by atoms with Crippen LogP contribution in [-0.4, -0.2) is 13.2 Å². The van der Waals surface area contributed by atoms with Gasteiger partial charge in [0.15, 0.2) is 0 Å². The molecule has 1 nitrogen and oxygen atoms in total. The minimum atomic E-state index is 0.138. The van der Waals surface area contributed by atoms with Gasteiger partial charge in [0, 0.05) is 13.2 Å². The molecule has 0 radical (unpaired) electrons. The third-order valence-corrected chi connectivity index (χ3v) is 4.27.